The number of carboxylic acids is 1. The quantitative estimate of drug-likeness (QED) is 0.413. The van der Waals surface area contributed by atoms with E-state index in [9.17, 15) is 27.2 Å². The van der Waals surface area contributed by atoms with E-state index >= 15 is 0 Å². The van der Waals surface area contributed by atoms with Gasteiger partial charge in [0.2, 0.25) is 0 Å². The van der Waals surface area contributed by atoms with Crippen LogP contribution in [-0.2, 0) is 11.2 Å². The smallest absolute Gasteiger partial charge is 0.475 e. The fraction of sp³-hybridized carbons (Fsp3) is 0.348. The standard InChI is InChI=1S/C21H21Cl2FN4O2.C2HF3O2/c1-25-13-4-6-27(7-5-13)21(30)15-9-12(2-3-17(15)24)8-14-11-26-20(29)18-10-16(22)19(23)28(14)18;3-2(4,5)1(6)7/h2-3,9-11,13,25H,4-8H2,1H3,(H,26,29);(H,6,7). The average molecular weight is 565 g/mol. The number of amides is 1. The normalized spacial score (nSPS) is 14.4. The molecule has 2 aromatic heterocycles. The minimum absolute atomic E-state index is 0.0488. The van der Waals surface area contributed by atoms with Crippen molar-refractivity contribution in [2.24, 2.45) is 0 Å². The molecule has 1 aromatic carbocycles. The number of rotatable bonds is 4. The Kier molecular flexibility index (Phi) is 8.88. The van der Waals surface area contributed by atoms with Crippen LogP contribution in [0.4, 0.5) is 17.6 Å². The molecule has 0 saturated carbocycles. The highest BCUT2D eigenvalue weighted by Gasteiger charge is 2.38. The molecule has 1 saturated heterocycles. The molecule has 1 fully saturated rings. The van der Waals surface area contributed by atoms with Crippen molar-refractivity contribution in [2.75, 3.05) is 20.1 Å². The summed E-state index contributed by atoms with van der Waals surface area (Å²) >= 11 is 12.4. The molecule has 0 aliphatic carbocycles. The third-order valence-electron chi connectivity index (χ3n) is 5.87. The van der Waals surface area contributed by atoms with Crippen LogP contribution in [0.2, 0.25) is 10.2 Å². The summed E-state index contributed by atoms with van der Waals surface area (Å²) in [5.41, 5.74) is 1.45. The van der Waals surface area contributed by atoms with Crippen molar-refractivity contribution in [1.82, 2.24) is 19.6 Å². The van der Waals surface area contributed by atoms with Gasteiger partial charge in [-0.25, -0.2) is 9.18 Å². The molecule has 1 aliphatic heterocycles. The Bertz CT molecular complexity index is 1370. The molecule has 3 heterocycles. The van der Waals surface area contributed by atoms with Crippen molar-refractivity contribution >= 4 is 40.6 Å². The predicted octanol–water partition coefficient (Wildman–Crippen LogP) is 4.12. The molecule has 0 atom stereocenters. The lowest BCUT2D eigenvalue weighted by molar-refractivity contribution is -0.192. The van der Waals surface area contributed by atoms with E-state index in [1.807, 2.05) is 7.05 Å². The predicted molar refractivity (Wildman–Crippen MR) is 129 cm³/mol. The number of likely N-dealkylation sites (tertiary alicyclic amines) is 1. The first-order valence-corrected chi connectivity index (χ1v) is 11.7. The van der Waals surface area contributed by atoms with Crippen LogP contribution in [-0.4, -0.2) is 63.6 Å². The number of halogens is 6. The number of alkyl halides is 3. The van der Waals surface area contributed by atoms with E-state index in [0.29, 0.717) is 36.8 Å². The minimum Gasteiger partial charge on any atom is -0.475 e. The van der Waals surface area contributed by atoms with E-state index in [4.69, 9.17) is 33.1 Å². The molecule has 8 nitrogen and oxygen atoms in total. The van der Waals surface area contributed by atoms with Crippen LogP contribution in [0.1, 0.15) is 34.5 Å². The summed E-state index contributed by atoms with van der Waals surface area (Å²) in [6.45, 7) is 1.18. The van der Waals surface area contributed by atoms with Gasteiger partial charge in [0.15, 0.2) is 0 Å². The number of carbonyl (C=O) groups is 2. The van der Waals surface area contributed by atoms with Gasteiger partial charge >= 0.3 is 12.1 Å². The second-order valence-corrected chi connectivity index (χ2v) is 9.03. The zero-order chi connectivity index (χ0) is 27.5. The molecule has 0 spiro atoms. The molecule has 14 heteroatoms. The van der Waals surface area contributed by atoms with Gasteiger partial charge in [-0.2, -0.15) is 13.2 Å². The molecular weight excluding hydrogens is 543 g/mol. The van der Waals surface area contributed by atoms with Gasteiger partial charge in [0, 0.05) is 37.4 Å². The molecule has 4 rings (SSSR count). The molecule has 3 N–H and O–H groups in total. The van der Waals surface area contributed by atoms with Crippen LogP contribution < -0.4 is 10.9 Å². The Balaban J connectivity index is 0.000000479. The number of nitrogens with one attached hydrogen (secondary N) is 2. The number of piperidine rings is 1. The lowest BCUT2D eigenvalue weighted by atomic mass is 10.0. The SMILES string of the molecule is CNC1CCN(C(=O)c2cc(Cc3c[nH]c(=O)c4cc(Cl)c(Cl)n34)ccc2F)CC1.O=C(O)C(F)(F)F. The zero-order valence-electron chi connectivity index (χ0n) is 19.3. The molecule has 3 aromatic rings. The van der Waals surface area contributed by atoms with Gasteiger partial charge < -0.3 is 20.3 Å². The Morgan fingerprint density at radius 2 is 1.81 bits per heavy atom. The first-order valence-electron chi connectivity index (χ1n) is 11.0. The van der Waals surface area contributed by atoms with E-state index in [1.165, 1.54) is 12.1 Å². The van der Waals surface area contributed by atoms with Crippen molar-refractivity contribution in [3.63, 3.8) is 0 Å². The summed E-state index contributed by atoms with van der Waals surface area (Å²) in [5.74, 6) is -3.61. The number of carboxylic acid groups (broad SMARTS) is 1. The molecular formula is C23H22Cl2F4N4O4. The van der Waals surface area contributed by atoms with Crippen molar-refractivity contribution in [3.8, 4) is 0 Å². The maximum absolute atomic E-state index is 14.5. The highest BCUT2D eigenvalue weighted by molar-refractivity contribution is 6.42. The van der Waals surface area contributed by atoms with Crippen LogP contribution >= 0.6 is 23.2 Å². The number of fused-ring (bicyclic) bond motifs is 1. The summed E-state index contributed by atoms with van der Waals surface area (Å²) in [6.07, 6.45) is -1.52. The van der Waals surface area contributed by atoms with Crippen molar-refractivity contribution in [2.45, 2.75) is 31.5 Å². The molecule has 37 heavy (non-hydrogen) atoms. The van der Waals surface area contributed by atoms with E-state index < -0.39 is 18.0 Å². The summed E-state index contributed by atoms with van der Waals surface area (Å²) in [6, 6.07) is 6.37. The van der Waals surface area contributed by atoms with Crippen molar-refractivity contribution in [1.29, 1.82) is 0 Å². The third-order valence-corrected chi connectivity index (χ3v) is 6.62. The number of benzene rings is 1. The number of hydrogen-bond donors (Lipinski definition) is 3. The Morgan fingerprint density at radius 1 is 1.19 bits per heavy atom. The van der Waals surface area contributed by atoms with Gasteiger partial charge in [0.25, 0.3) is 11.5 Å². The summed E-state index contributed by atoms with van der Waals surface area (Å²) in [5, 5.41) is 10.8. The summed E-state index contributed by atoms with van der Waals surface area (Å²) in [7, 11) is 1.91. The van der Waals surface area contributed by atoms with Crippen LogP contribution in [0.15, 0.2) is 35.3 Å². The van der Waals surface area contributed by atoms with Crippen molar-refractivity contribution < 1.29 is 32.3 Å². The highest BCUT2D eigenvalue weighted by Crippen LogP contribution is 2.27. The number of aromatic nitrogens is 2. The van der Waals surface area contributed by atoms with E-state index in [1.54, 1.807) is 27.6 Å². The second kappa shape index (κ2) is 11.5. The molecule has 0 bridgehead atoms. The van der Waals surface area contributed by atoms with Crippen molar-refractivity contribution in [3.05, 3.63) is 73.6 Å². The van der Waals surface area contributed by atoms with Gasteiger partial charge in [-0.1, -0.05) is 29.3 Å². The number of nitrogens with zero attached hydrogens (tertiary/aromatic N) is 2. The molecule has 200 valence electrons. The monoisotopic (exact) mass is 564 g/mol. The number of aliphatic carboxylic acids is 1. The fourth-order valence-corrected chi connectivity index (χ4v) is 4.36. The summed E-state index contributed by atoms with van der Waals surface area (Å²) < 4.78 is 47.8. The number of hydrogen-bond acceptors (Lipinski definition) is 4. The first kappa shape index (κ1) is 28.5. The zero-order valence-corrected chi connectivity index (χ0v) is 20.8. The number of carbonyl (C=O) groups excluding carboxylic acids is 1. The van der Waals surface area contributed by atoms with E-state index in [-0.39, 0.29) is 27.2 Å². The largest absolute Gasteiger partial charge is 0.490 e. The third kappa shape index (κ3) is 6.62. The summed E-state index contributed by atoms with van der Waals surface area (Å²) in [4.78, 5) is 38.2. The number of H-pyrrole nitrogens is 1. The van der Waals surface area contributed by atoms with E-state index in [2.05, 4.69) is 10.3 Å². The molecule has 1 amide bonds. The average Bonchev–Trinajstić information content (AvgIpc) is 3.16. The van der Waals surface area contributed by atoms with Crippen LogP contribution in [0.3, 0.4) is 0 Å². The maximum atomic E-state index is 14.5. The van der Waals surface area contributed by atoms with Gasteiger partial charge in [-0.05, 0) is 43.7 Å². The van der Waals surface area contributed by atoms with Crippen LogP contribution in [0.5, 0.6) is 0 Å². The highest BCUT2D eigenvalue weighted by atomic mass is 35.5. The van der Waals surface area contributed by atoms with Crippen LogP contribution in [0, 0.1) is 5.82 Å². The van der Waals surface area contributed by atoms with Gasteiger partial charge in [-0.15, -0.1) is 0 Å². The Morgan fingerprint density at radius 3 is 2.38 bits per heavy atom. The van der Waals surface area contributed by atoms with Gasteiger partial charge in [0.1, 0.15) is 16.5 Å². The lowest BCUT2D eigenvalue weighted by Gasteiger charge is -2.32. The van der Waals surface area contributed by atoms with E-state index in [0.717, 1.165) is 18.4 Å². The van der Waals surface area contributed by atoms with Gasteiger partial charge in [0.05, 0.1) is 10.6 Å². The number of aromatic amines is 1. The van der Waals surface area contributed by atoms with Crippen LogP contribution in [0.25, 0.3) is 5.52 Å². The lowest BCUT2D eigenvalue weighted by Crippen LogP contribution is -2.44. The fourth-order valence-electron chi connectivity index (χ4n) is 3.92. The second-order valence-electron chi connectivity index (χ2n) is 8.26. The minimum atomic E-state index is -5.08. The van der Waals surface area contributed by atoms with Gasteiger partial charge in [-0.3, -0.25) is 14.0 Å². The molecule has 0 unspecified atom stereocenters. The maximum Gasteiger partial charge on any atom is 0.490 e. The topological polar surface area (TPSA) is 107 Å². The Labute approximate surface area is 217 Å². The first-order chi connectivity index (χ1) is 17.3. The Hall–Kier alpha value is -3.09. The molecule has 1 aliphatic rings. The molecule has 0 radical (unpaired) electrons.